The summed E-state index contributed by atoms with van der Waals surface area (Å²) in [4.78, 5) is 0. The Kier molecular flexibility index (Phi) is 2.59. The molecule has 1 aliphatic carbocycles. The molecule has 1 radical (unpaired) electrons. The van der Waals surface area contributed by atoms with Crippen molar-refractivity contribution in [2.75, 3.05) is 0 Å². The van der Waals surface area contributed by atoms with E-state index in [4.69, 9.17) is 4.74 Å². The van der Waals surface area contributed by atoms with Crippen molar-refractivity contribution in [1.82, 2.24) is 0 Å². The van der Waals surface area contributed by atoms with Gasteiger partial charge in [-0.25, -0.2) is 0 Å². The lowest BCUT2D eigenvalue weighted by atomic mass is 10.1. The molecule has 0 unspecified atom stereocenters. The minimum atomic E-state index is -0.0653. The molecule has 81 valence electrons. The Morgan fingerprint density at radius 3 is 2.27 bits per heavy atom. The number of hydrogen-bond acceptors (Lipinski definition) is 1. The molecule has 0 amide bonds. The molecule has 0 bridgehead atoms. The van der Waals surface area contributed by atoms with Crippen LogP contribution in [-0.2, 0) is 4.74 Å². The van der Waals surface area contributed by atoms with Gasteiger partial charge in [0.1, 0.15) is 0 Å². The Labute approximate surface area is 92.5 Å². The van der Waals surface area contributed by atoms with Gasteiger partial charge in [-0.15, -0.1) is 0 Å². The summed E-state index contributed by atoms with van der Waals surface area (Å²) in [6.45, 7) is 10.4. The zero-order valence-electron chi connectivity index (χ0n) is 9.73. The molecule has 0 saturated heterocycles. The van der Waals surface area contributed by atoms with Crippen molar-refractivity contribution < 1.29 is 4.74 Å². The molecular formula is C14H19O. The zero-order chi connectivity index (χ0) is 11.1. The lowest BCUT2D eigenvalue weighted by Crippen LogP contribution is -2.21. The molecule has 1 saturated carbocycles. The van der Waals surface area contributed by atoms with Crippen molar-refractivity contribution in [3.8, 4) is 0 Å². The maximum absolute atomic E-state index is 5.97. The largest absolute Gasteiger partial charge is 0.372 e. The molecule has 0 aromatic heterocycles. The van der Waals surface area contributed by atoms with Crippen LogP contribution in [0.3, 0.4) is 0 Å². The fourth-order valence-electron chi connectivity index (χ4n) is 2.02. The van der Waals surface area contributed by atoms with E-state index >= 15 is 0 Å². The van der Waals surface area contributed by atoms with E-state index in [1.165, 1.54) is 5.56 Å². The Bertz CT molecular complexity index is 323. The second-order valence-electron chi connectivity index (χ2n) is 5.30. The first-order valence-corrected chi connectivity index (χ1v) is 5.55. The molecule has 2 rings (SSSR count). The van der Waals surface area contributed by atoms with Gasteiger partial charge < -0.3 is 4.74 Å². The van der Waals surface area contributed by atoms with Gasteiger partial charge in [0.2, 0.25) is 0 Å². The third kappa shape index (κ3) is 2.40. The molecule has 1 nitrogen and oxygen atoms in total. The summed E-state index contributed by atoms with van der Waals surface area (Å²) in [5.41, 5.74) is 1.29. The normalized spacial score (nSPS) is 30.3. The van der Waals surface area contributed by atoms with Crippen LogP contribution in [0.2, 0.25) is 0 Å². The molecule has 1 heteroatoms. The average molecular weight is 203 g/mol. The highest BCUT2D eigenvalue weighted by Crippen LogP contribution is 2.50. The van der Waals surface area contributed by atoms with Crippen molar-refractivity contribution in [3.05, 3.63) is 42.8 Å². The summed E-state index contributed by atoms with van der Waals surface area (Å²) in [6, 6.07) is 10.5. The topological polar surface area (TPSA) is 9.23 Å². The highest BCUT2D eigenvalue weighted by atomic mass is 16.5. The Balaban J connectivity index is 2.03. The van der Waals surface area contributed by atoms with Gasteiger partial charge in [0.25, 0.3) is 0 Å². The third-order valence-corrected chi connectivity index (χ3v) is 2.77. The molecule has 0 N–H and O–H groups in total. The molecule has 0 spiro atoms. The molecule has 1 fully saturated rings. The average Bonchev–Trinajstić information content (AvgIpc) is 2.75. The van der Waals surface area contributed by atoms with Gasteiger partial charge in [0, 0.05) is 5.92 Å². The van der Waals surface area contributed by atoms with Crippen LogP contribution in [0.1, 0.15) is 32.3 Å². The Morgan fingerprint density at radius 2 is 1.73 bits per heavy atom. The highest BCUT2D eigenvalue weighted by molar-refractivity contribution is 5.30. The van der Waals surface area contributed by atoms with Crippen LogP contribution in [0.5, 0.6) is 0 Å². The van der Waals surface area contributed by atoms with E-state index in [0.29, 0.717) is 17.9 Å². The van der Waals surface area contributed by atoms with E-state index in [1.807, 2.05) is 6.07 Å². The molecular weight excluding hydrogens is 184 g/mol. The zero-order valence-corrected chi connectivity index (χ0v) is 9.73. The number of benzene rings is 1. The molecule has 1 aromatic carbocycles. The summed E-state index contributed by atoms with van der Waals surface area (Å²) < 4.78 is 5.97. The predicted molar refractivity (Wildman–Crippen MR) is 62.7 cm³/mol. The van der Waals surface area contributed by atoms with Crippen LogP contribution < -0.4 is 0 Å². The standard InChI is InChI=1S/C14H19O/c1-10-12(11-8-6-5-7-9-11)13(10)15-14(2,3)4/h5-10,12-13H,1H2,2-4H3/t10-,12+,13+/m1/s1. The minimum absolute atomic E-state index is 0.0653. The number of rotatable bonds is 2. The van der Waals surface area contributed by atoms with Crippen LogP contribution >= 0.6 is 0 Å². The first-order chi connectivity index (χ1) is 6.99. The predicted octanol–water partition coefficient (Wildman–Crippen LogP) is 3.42. The van der Waals surface area contributed by atoms with Crippen molar-refractivity contribution in [1.29, 1.82) is 0 Å². The molecule has 15 heavy (non-hydrogen) atoms. The van der Waals surface area contributed by atoms with Crippen molar-refractivity contribution in [3.63, 3.8) is 0 Å². The van der Waals surface area contributed by atoms with Crippen molar-refractivity contribution in [2.45, 2.75) is 38.4 Å². The second kappa shape index (κ2) is 3.64. The van der Waals surface area contributed by atoms with Crippen molar-refractivity contribution in [2.24, 2.45) is 5.92 Å². The van der Waals surface area contributed by atoms with Crippen LogP contribution in [0.4, 0.5) is 0 Å². The molecule has 0 aliphatic heterocycles. The Morgan fingerprint density at radius 1 is 1.13 bits per heavy atom. The van der Waals surface area contributed by atoms with E-state index in [-0.39, 0.29) is 5.60 Å². The second-order valence-corrected chi connectivity index (χ2v) is 5.30. The smallest absolute Gasteiger partial charge is 0.0689 e. The van der Waals surface area contributed by atoms with Crippen LogP contribution in [0.25, 0.3) is 0 Å². The first kappa shape index (κ1) is 10.7. The van der Waals surface area contributed by atoms with Crippen molar-refractivity contribution >= 4 is 0 Å². The highest BCUT2D eigenvalue weighted by Gasteiger charge is 2.50. The van der Waals surface area contributed by atoms with Gasteiger partial charge in [-0.2, -0.15) is 0 Å². The van der Waals surface area contributed by atoms with E-state index in [9.17, 15) is 0 Å². The fraction of sp³-hybridized carbons (Fsp3) is 0.500. The van der Waals surface area contributed by atoms with Crippen LogP contribution in [0.15, 0.2) is 30.3 Å². The fourth-order valence-corrected chi connectivity index (χ4v) is 2.02. The SMILES string of the molecule is [CH2][C@H]1[C@H](OC(C)(C)C)[C@@H]1c1ccccc1. The summed E-state index contributed by atoms with van der Waals surface area (Å²) in [5, 5.41) is 0. The number of hydrogen-bond donors (Lipinski definition) is 0. The minimum Gasteiger partial charge on any atom is -0.372 e. The van der Waals surface area contributed by atoms with E-state index in [0.717, 1.165) is 0 Å². The summed E-state index contributed by atoms with van der Waals surface area (Å²) >= 11 is 0. The van der Waals surface area contributed by atoms with Gasteiger partial charge in [-0.05, 0) is 39.2 Å². The van der Waals surface area contributed by atoms with Crippen LogP contribution in [0, 0.1) is 12.8 Å². The van der Waals surface area contributed by atoms with E-state index < -0.39 is 0 Å². The first-order valence-electron chi connectivity index (χ1n) is 5.55. The third-order valence-electron chi connectivity index (χ3n) is 2.77. The van der Waals surface area contributed by atoms with E-state index in [1.54, 1.807) is 0 Å². The lowest BCUT2D eigenvalue weighted by molar-refractivity contribution is -0.0215. The molecule has 1 aliphatic rings. The molecule has 3 atom stereocenters. The maximum Gasteiger partial charge on any atom is 0.0689 e. The van der Waals surface area contributed by atoms with E-state index in [2.05, 4.69) is 52.0 Å². The van der Waals surface area contributed by atoms with Gasteiger partial charge in [-0.1, -0.05) is 30.3 Å². The number of ether oxygens (including phenoxy) is 1. The van der Waals surface area contributed by atoms with Gasteiger partial charge >= 0.3 is 0 Å². The maximum atomic E-state index is 5.97. The lowest BCUT2D eigenvalue weighted by Gasteiger charge is -2.19. The van der Waals surface area contributed by atoms with Crippen LogP contribution in [-0.4, -0.2) is 11.7 Å². The quantitative estimate of drug-likeness (QED) is 0.715. The summed E-state index contributed by atoms with van der Waals surface area (Å²) in [5.74, 6) is 0.900. The Hall–Kier alpha value is -0.820. The molecule has 0 heterocycles. The summed E-state index contributed by atoms with van der Waals surface area (Å²) in [6.07, 6.45) is 0.299. The summed E-state index contributed by atoms with van der Waals surface area (Å²) in [7, 11) is 0. The molecule has 1 aromatic rings. The van der Waals surface area contributed by atoms with Gasteiger partial charge in [-0.3, -0.25) is 0 Å². The van der Waals surface area contributed by atoms with Gasteiger partial charge in [0.15, 0.2) is 0 Å². The monoisotopic (exact) mass is 203 g/mol. The van der Waals surface area contributed by atoms with Gasteiger partial charge in [0.05, 0.1) is 11.7 Å².